The summed E-state index contributed by atoms with van der Waals surface area (Å²) in [5.41, 5.74) is 1.60. The van der Waals surface area contributed by atoms with Gasteiger partial charge in [0.2, 0.25) is 0 Å². The van der Waals surface area contributed by atoms with Crippen LogP contribution in [0.1, 0.15) is 67.8 Å². The van der Waals surface area contributed by atoms with E-state index in [2.05, 4.69) is 11.8 Å². The van der Waals surface area contributed by atoms with E-state index >= 15 is 0 Å². The predicted octanol–water partition coefficient (Wildman–Crippen LogP) is 4.32. The van der Waals surface area contributed by atoms with E-state index in [0.717, 1.165) is 13.1 Å². The van der Waals surface area contributed by atoms with Gasteiger partial charge in [-0.3, -0.25) is 4.90 Å². The zero-order valence-corrected chi connectivity index (χ0v) is 13.1. The number of carbonyl (C=O) groups is 1. The van der Waals surface area contributed by atoms with Gasteiger partial charge in [-0.05, 0) is 43.5 Å². The summed E-state index contributed by atoms with van der Waals surface area (Å²) < 4.78 is 0. The zero-order valence-electron chi connectivity index (χ0n) is 13.1. The molecule has 1 aromatic rings. The minimum Gasteiger partial charge on any atom is -0.478 e. The fraction of sp³-hybridized carbons (Fsp3) is 0.611. The third kappa shape index (κ3) is 4.85. The van der Waals surface area contributed by atoms with Crippen molar-refractivity contribution in [3.8, 4) is 0 Å². The van der Waals surface area contributed by atoms with E-state index in [1.807, 2.05) is 12.1 Å². The lowest BCUT2D eigenvalue weighted by Crippen LogP contribution is -2.37. The molecule has 0 amide bonds. The molecule has 2 rings (SSSR count). The van der Waals surface area contributed by atoms with Crippen molar-refractivity contribution in [1.29, 1.82) is 0 Å². The molecule has 0 aliphatic heterocycles. The van der Waals surface area contributed by atoms with Gasteiger partial charge in [0, 0.05) is 12.6 Å². The highest BCUT2D eigenvalue weighted by Gasteiger charge is 2.20. The standard InChI is InChI=1S/C18H27NO2/c1-2-3-13-19(17-7-5-4-6-8-17)14-15-9-11-16(12-10-15)18(20)21/h9-12,17H,2-8,13-14H2,1H3,(H,20,21). The Morgan fingerprint density at radius 3 is 2.43 bits per heavy atom. The van der Waals surface area contributed by atoms with Crippen LogP contribution in [0.5, 0.6) is 0 Å². The summed E-state index contributed by atoms with van der Waals surface area (Å²) in [5, 5.41) is 8.97. The Balaban J connectivity index is 2.00. The van der Waals surface area contributed by atoms with Gasteiger partial charge in [0.1, 0.15) is 0 Å². The van der Waals surface area contributed by atoms with Crippen molar-refractivity contribution >= 4 is 5.97 Å². The van der Waals surface area contributed by atoms with E-state index in [-0.39, 0.29) is 0 Å². The van der Waals surface area contributed by atoms with Crippen molar-refractivity contribution in [2.75, 3.05) is 6.54 Å². The lowest BCUT2D eigenvalue weighted by atomic mass is 9.93. The Morgan fingerprint density at radius 1 is 1.19 bits per heavy atom. The molecule has 116 valence electrons. The van der Waals surface area contributed by atoms with E-state index in [1.165, 1.54) is 50.5 Å². The maximum atomic E-state index is 10.9. The molecule has 21 heavy (non-hydrogen) atoms. The van der Waals surface area contributed by atoms with Crippen molar-refractivity contribution in [3.63, 3.8) is 0 Å². The molecule has 0 heterocycles. The predicted molar refractivity (Wildman–Crippen MR) is 85.6 cm³/mol. The van der Waals surface area contributed by atoms with Gasteiger partial charge in [-0.15, -0.1) is 0 Å². The monoisotopic (exact) mass is 289 g/mol. The van der Waals surface area contributed by atoms with Gasteiger partial charge < -0.3 is 5.11 Å². The largest absolute Gasteiger partial charge is 0.478 e. The Kier molecular flexibility index (Phi) is 6.24. The van der Waals surface area contributed by atoms with Gasteiger partial charge >= 0.3 is 5.97 Å². The molecule has 0 unspecified atom stereocenters. The summed E-state index contributed by atoms with van der Waals surface area (Å²) in [6.45, 7) is 4.34. The SMILES string of the molecule is CCCCN(Cc1ccc(C(=O)O)cc1)C1CCCCC1. The number of nitrogens with zero attached hydrogens (tertiary/aromatic N) is 1. The van der Waals surface area contributed by atoms with Gasteiger partial charge in [-0.25, -0.2) is 4.79 Å². The number of unbranched alkanes of at least 4 members (excludes halogenated alkanes) is 1. The topological polar surface area (TPSA) is 40.5 Å². The molecule has 0 spiro atoms. The summed E-state index contributed by atoms with van der Waals surface area (Å²) >= 11 is 0. The highest BCUT2D eigenvalue weighted by Crippen LogP contribution is 2.24. The van der Waals surface area contributed by atoms with Crippen LogP contribution >= 0.6 is 0 Å². The van der Waals surface area contributed by atoms with Crippen LogP contribution in [0.4, 0.5) is 0 Å². The van der Waals surface area contributed by atoms with Crippen LogP contribution in [-0.4, -0.2) is 28.6 Å². The van der Waals surface area contributed by atoms with Gasteiger partial charge in [0.05, 0.1) is 5.56 Å². The second kappa shape index (κ2) is 8.18. The average molecular weight is 289 g/mol. The molecule has 1 N–H and O–H groups in total. The molecule has 0 atom stereocenters. The molecular formula is C18H27NO2. The van der Waals surface area contributed by atoms with Crippen molar-refractivity contribution in [1.82, 2.24) is 4.90 Å². The van der Waals surface area contributed by atoms with E-state index in [0.29, 0.717) is 11.6 Å². The number of carboxylic acids is 1. The number of hydrogen-bond acceptors (Lipinski definition) is 2. The van der Waals surface area contributed by atoms with Crippen molar-refractivity contribution in [2.45, 2.75) is 64.5 Å². The number of rotatable bonds is 7. The van der Waals surface area contributed by atoms with Gasteiger partial charge in [0.25, 0.3) is 0 Å². The highest BCUT2D eigenvalue weighted by atomic mass is 16.4. The molecule has 1 aliphatic rings. The van der Waals surface area contributed by atoms with Gasteiger partial charge in [0.15, 0.2) is 0 Å². The molecule has 1 fully saturated rings. The third-order valence-electron chi connectivity index (χ3n) is 4.48. The number of carboxylic acid groups (broad SMARTS) is 1. The maximum Gasteiger partial charge on any atom is 0.335 e. The average Bonchev–Trinajstić information content (AvgIpc) is 2.52. The van der Waals surface area contributed by atoms with Crippen molar-refractivity contribution < 1.29 is 9.90 Å². The first kappa shape index (κ1) is 16.0. The molecule has 1 aliphatic carbocycles. The van der Waals surface area contributed by atoms with Gasteiger partial charge in [-0.1, -0.05) is 44.7 Å². The Hall–Kier alpha value is -1.35. The van der Waals surface area contributed by atoms with E-state index in [1.54, 1.807) is 12.1 Å². The summed E-state index contributed by atoms with van der Waals surface area (Å²) in [7, 11) is 0. The molecule has 0 saturated heterocycles. The smallest absolute Gasteiger partial charge is 0.335 e. The second-order valence-electron chi connectivity index (χ2n) is 6.12. The number of hydrogen-bond donors (Lipinski definition) is 1. The first-order chi connectivity index (χ1) is 10.2. The third-order valence-corrected chi connectivity index (χ3v) is 4.48. The van der Waals surface area contributed by atoms with Crippen LogP contribution in [0.25, 0.3) is 0 Å². The highest BCUT2D eigenvalue weighted by molar-refractivity contribution is 5.87. The van der Waals surface area contributed by atoms with Crippen molar-refractivity contribution in [2.24, 2.45) is 0 Å². The molecule has 0 aromatic heterocycles. The Labute approximate surface area is 128 Å². The summed E-state index contributed by atoms with van der Waals surface area (Å²) in [5.74, 6) is -0.850. The molecule has 0 bridgehead atoms. The van der Waals surface area contributed by atoms with E-state index in [9.17, 15) is 4.79 Å². The summed E-state index contributed by atoms with van der Waals surface area (Å²) in [6.07, 6.45) is 9.18. The van der Waals surface area contributed by atoms with Gasteiger partial charge in [-0.2, -0.15) is 0 Å². The zero-order chi connectivity index (χ0) is 15.1. The summed E-state index contributed by atoms with van der Waals surface area (Å²) in [4.78, 5) is 13.5. The quantitative estimate of drug-likeness (QED) is 0.812. The lowest BCUT2D eigenvalue weighted by molar-refractivity contribution is 0.0697. The normalized spacial score (nSPS) is 16.3. The van der Waals surface area contributed by atoms with Crippen LogP contribution in [0.15, 0.2) is 24.3 Å². The van der Waals surface area contributed by atoms with E-state index < -0.39 is 5.97 Å². The molecule has 0 radical (unpaired) electrons. The number of aromatic carboxylic acids is 1. The first-order valence-electron chi connectivity index (χ1n) is 8.27. The Bertz CT molecular complexity index is 435. The van der Waals surface area contributed by atoms with Crippen LogP contribution in [0, 0.1) is 0 Å². The minimum absolute atomic E-state index is 0.372. The fourth-order valence-electron chi connectivity index (χ4n) is 3.19. The van der Waals surface area contributed by atoms with Crippen LogP contribution in [0.3, 0.4) is 0 Å². The van der Waals surface area contributed by atoms with Crippen LogP contribution in [0.2, 0.25) is 0 Å². The molecule has 1 aromatic carbocycles. The van der Waals surface area contributed by atoms with Crippen LogP contribution < -0.4 is 0 Å². The first-order valence-corrected chi connectivity index (χ1v) is 8.27. The molecule has 3 heteroatoms. The summed E-state index contributed by atoms with van der Waals surface area (Å²) in [6, 6.07) is 8.08. The van der Waals surface area contributed by atoms with Crippen molar-refractivity contribution in [3.05, 3.63) is 35.4 Å². The number of benzene rings is 1. The van der Waals surface area contributed by atoms with E-state index in [4.69, 9.17) is 5.11 Å². The molecule has 3 nitrogen and oxygen atoms in total. The maximum absolute atomic E-state index is 10.9. The molecule has 1 saturated carbocycles. The lowest BCUT2D eigenvalue weighted by Gasteiger charge is -2.34. The molecular weight excluding hydrogens is 262 g/mol. The minimum atomic E-state index is -0.850. The second-order valence-corrected chi connectivity index (χ2v) is 6.12. The fourth-order valence-corrected chi connectivity index (χ4v) is 3.19. The Morgan fingerprint density at radius 2 is 1.86 bits per heavy atom. The van der Waals surface area contributed by atoms with Crippen LogP contribution in [-0.2, 0) is 6.54 Å².